The highest BCUT2D eigenvalue weighted by Crippen LogP contribution is 2.32. The van der Waals surface area contributed by atoms with Gasteiger partial charge < -0.3 is 5.11 Å². The Morgan fingerprint density at radius 1 is 1.61 bits per heavy atom. The van der Waals surface area contributed by atoms with Crippen molar-refractivity contribution in [1.29, 1.82) is 0 Å². The van der Waals surface area contributed by atoms with E-state index in [9.17, 15) is 9.18 Å². The molecule has 0 radical (unpaired) electrons. The van der Waals surface area contributed by atoms with E-state index in [1.807, 2.05) is 0 Å². The van der Waals surface area contributed by atoms with Gasteiger partial charge in [-0.3, -0.25) is 9.69 Å². The molecule has 0 aromatic heterocycles. The summed E-state index contributed by atoms with van der Waals surface area (Å²) in [7, 11) is 0. The topological polar surface area (TPSA) is 40.5 Å². The van der Waals surface area contributed by atoms with E-state index in [4.69, 9.17) is 5.11 Å². The monoisotopic (exact) mass is 315 g/mol. The van der Waals surface area contributed by atoms with Crippen molar-refractivity contribution >= 4 is 21.9 Å². The SMILES string of the molecule is CC1(C(=O)O)CCN(Cc2ccc(F)cc2Br)C1. The van der Waals surface area contributed by atoms with Crippen molar-refractivity contribution in [1.82, 2.24) is 4.90 Å². The smallest absolute Gasteiger partial charge is 0.310 e. The first-order valence-electron chi connectivity index (χ1n) is 5.80. The largest absolute Gasteiger partial charge is 0.481 e. The molecule has 1 aromatic rings. The maximum Gasteiger partial charge on any atom is 0.310 e. The van der Waals surface area contributed by atoms with Gasteiger partial charge in [0.1, 0.15) is 5.82 Å². The Hall–Kier alpha value is -0.940. The molecule has 5 heteroatoms. The van der Waals surface area contributed by atoms with Gasteiger partial charge in [-0.05, 0) is 37.6 Å². The Labute approximate surface area is 114 Å². The van der Waals surface area contributed by atoms with Gasteiger partial charge >= 0.3 is 5.97 Å². The number of halogens is 2. The standard InChI is InChI=1S/C13H15BrFNO2/c1-13(12(17)18)4-5-16(8-13)7-9-2-3-10(15)6-11(9)14/h2-3,6H,4-5,7-8H2,1H3,(H,17,18). The molecule has 1 aliphatic rings. The second-order valence-corrected chi connectivity index (χ2v) is 5.92. The average molecular weight is 316 g/mol. The molecule has 1 unspecified atom stereocenters. The maximum atomic E-state index is 13.0. The average Bonchev–Trinajstić information content (AvgIpc) is 2.66. The van der Waals surface area contributed by atoms with E-state index in [-0.39, 0.29) is 5.82 Å². The van der Waals surface area contributed by atoms with E-state index in [0.717, 1.165) is 16.6 Å². The van der Waals surface area contributed by atoms with Crippen molar-refractivity contribution < 1.29 is 14.3 Å². The zero-order chi connectivity index (χ0) is 13.3. The number of aliphatic carboxylic acids is 1. The van der Waals surface area contributed by atoms with Crippen LogP contribution in [0.1, 0.15) is 18.9 Å². The summed E-state index contributed by atoms with van der Waals surface area (Å²) in [4.78, 5) is 13.2. The fraction of sp³-hybridized carbons (Fsp3) is 0.462. The highest BCUT2D eigenvalue weighted by Gasteiger charge is 2.40. The predicted octanol–water partition coefficient (Wildman–Crippen LogP) is 2.88. The highest BCUT2D eigenvalue weighted by atomic mass is 79.9. The van der Waals surface area contributed by atoms with Gasteiger partial charge in [-0.25, -0.2) is 4.39 Å². The number of carboxylic acids is 1. The van der Waals surface area contributed by atoms with Crippen molar-refractivity contribution in [2.45, 2.75) is 19.9 Å². The second-order valence-electron chi connectivity index (χ2n) is 5.06. The van der Waals surface area contributed by atoms with Gasteiger partial charge in [-0.1, -0.05) is 22.0 Å². The van der Waals surface area contributed by atoms with Crippen LogP contribution in [0.4, 0.5) is 4.39 Å². The van der Waals surface area contributed by atoms with E-state index in [1.165, 1.54) is 12.1 Å². The van der Waals surface area contributed by atoms with Gasteiger partial charge in [0.05, 0.1) is 5.41 Å². The summed E-state index contributed by atoms with van der Waals surface area (Å²) in [6.45, 7) is 3.71. The van der Waals surface area contributed by atoms with Crippen LogP contribution >= 0.6 is 15.9 Å². The van der Waals surface area contributed by atoms with Gasteiger partial charge in [0, 0.05) is 17.6 Å². The summed E-state index contributed by atoms with van der Waals surface area (Å²) in [6.07, 6.45) is 0.654. The van der Waals surface area contributed by atoms with E-state index in [0.29, 0.717) is 19.5 Å². The molecule has 1 saturated heterocycles. The van der Waals surface area contributed by atoms with E-state index < -0.39 is 11.4 Å². The summed E-state index contributed by atoms with van der Waals surface area (Å²) < 4.78 is 13.7. The third-order valence-corrected chi connectivity index (χ3v) is 4.22. The van der Waals surface area contributed by atoms with E-state index in [1.54, 1.807) is 13.0 Å². The number of carboxylic acid groups (broad SMARTS) is 1. The first kappa shape index (κ1) is 13.5. The third kappa shape index (κ3) is 2.72. The molecule has 1 aromatic carbocycles. The van der Waals surface area contributed by atoms with Crippen LogP contribution in [0.15, 0.2) is 22.7 Å². The van der Waals surface area contributed by atoms with E-state index in [2.05, 4.69) is 20.8 Å². The zero-order valence-electron chi connectivity index (χ0n) is 10.1. The Kier molecular flexibility index (Phi) is 3.73. The molecule has 0 aliphatic carbocycles. The first-order valence-corrected chi connectivity index (χ1v) is 6.60. The zero-order valence-corrected chi connectivity index (χ0v) is 11.7. The van der Waals surface area contributed by atoms with Crippen LogP contribution in [0, 0.1) is 11.2 Å². The number of nitrogens with zero attached hydrogens (tertiary/aromatic N) is 1. The van der Waals surface area contributed by atoms with E-state index >= 15 is 0 Å². The van der Waals surface area contributed by atoms with Crippen molar-refractivity contribution in [3.8, 4) is 0 Å². The Bertz CT molecular complexity index is 480. The normalized spacial score (nSPS) is 24.4. The molecule has 3 nitrogen and oxygen atoms in total. The van der Waals surface area contributed by atoms with Gasteiger partial charge in [0.25, 0.3) is 0 Å². The van der Waals surface area contributed by atoms with Gasteiger partial charge in [0.15, 0.2) is 0 Å². The third-order valence-electron chi connectivity index (χ3n) is 3.48. The minimum absolute atomic E-state index is 0.276. The Morgan fingerprint density at radius 3 is 2.89 bits per heavy atom. The van der Waals surface area contributed by atoms with Crippen LogP contribution in [-0.4, -0.2) is 29.1 Å². The Morgan fingerprint density at radius 2 is 2.33 bits per heavy atom. The molecule has 1 N–H and O–H groups in total. The van der Waals surface area contributed by atoms with Gasteiger partial charge in [-0.2, -0.15) is 0 Å². The number of hydrogen-bond donors (Lipinski definition) is 1. The van der Waals surface area contributed by atoms with Gasteiger partial charge in [0.2, 0.25) is 0 Å². The van der Waals surface area contributed by atoms with Crippen molar-refractivity contribution in [3.05, 3.63) is 34.1 Å². The number of benzene rings is 1. The lowest BCUT2D eigenvalue weighted by molar-refractivity contribution is -0.147. The number of rotatable bonds is 3. The van der Waals surface area contributed by atoms with Crippen molar-refractivity contribution in [3.63, 3.8) is 0 Å². The number of carbonyl (C=O) groups is 1. The molecule has 2 rings (SSSR count). The molecular formula is C13H15BrFNO2. The number of hydrogen-bond acceptors (Lipinski definition) is 2. The maximum absolute atomic E-state index is 13.0. The molecule has 0 saturated carbocycles. The van der Waals surface area contributed by atoms with Crippen LogP contribution in [0.25, 0.3) is 0 Å². The fourth-order valence-corrected chi connectivity index (χ4v) is 2.73. The molecule has 1 aliphatic heterocycles. The molecule has 0 amide bonds. The quantitative estimate of drug-likeness (QED) is 0.932. The molecule has 1 fully saturated rings. The minimum atomic E-state index is -0.747. The number of likely N-dealkylation sites (tertiary alicyclic amines) is 1. The van der Waals surface area contributed by atoms with Crippen LogP contribution in [0.5, 0.6) is 0 Å². The summed E-state index contributed by atoms with van der Waals surface area (Å²) in [5, 5.41) is 9.16. The molecule has 1 atom stereocenters. The first-order chi connectivity index (χ1) is 8.40. The molecule has 0 spiro atoms. The van der Waals surface area contributed by atoms with Crippen molar-refractivity contribution in [2.24, 2.45) is 5.41 Å². The fourth-order valence-electron chi connectivity index (χ4n) is 2.26. The minimum Gasteiger partial charge on any atom is -0.481 e. The molecule has 18 heavy (non-hydrogen) atoms. The van der Waals surface area contributed by atoms with Crippen LogP contribution in [0.3, 0.4) is 0 Å². The van der Waals surface area contributed by atoms with Crippen LogP contribution in [-0.2, 0) is 11.3 Å². The summed E-state index contributed by atoms with van der Waals surface area (Å²) >= 11 is 3.33. The van der Waals surface area contributed by atoms with Gasteiger partial charge in [-0.15, -0.1) is 0 Å². The highest BCUT2D eigenvalue weighted by molar-refractivity contribution is 9.10. The van der Waals surface area contributed by atoms with Crippen LogP contribution in [0.2, 0.25) is 0 Å². The molecular weight excluding hydrogens is 301 g/mol. The predicted molar refractivity (Wildman–Crippen MR) is 69.7 cm³/mol. The lowest BCUT2D eigenvalue weighted by Gasteiger charge is -2.20. The van der Waals surface area contributed by atoms with Crippen LogP contribution < -0.4 is 0 Å². The molecule has 1 heterocycles. The van der Waals surface area contributed by atoms with Crippen molar-refractivity contribution in [2.75, 3.05) is 13.1 Å². The summed E-state index contributed by atoms with van der Waals surface area (Å²) in [6, 6.07) is 4.59. The lowest BCUT2D eigenvalue weighted by Crippen LogP contribution is -2.31. The summed E-state index contributed by atoms with van der Waals surface area (Å²) in [5.41, 5.74) is 0.318. The lowest BCUT2D eigenvalue weighted by atomic mass is 9.90. The summed E-state index contributed by atoms with van der Waals surface area (Å²) in [5.74, 6) is -1.02. The molecule has 98 valence electrons. The molecule has 0 bridgehead atoms. The second kappa shape index (κ2) is 4.97. The Balaban J connectivity index is 2.06.